The van der Waals surface area contributed by atoms with Gasteiger partial charge in [0.25, 0.3) is 5.91 Å². The third kappa shape index (κ3) is 4.34. The van der Waals surface area contributed by atoms with Crippen LogP contribution in [0.3, 0.4) is 0 Å². The van der Waals surface area contributed by atoms with E-state index in [2.05, 4.69) is 37.7 Å². The first-order chi connectivity index (χ1) is 14.2. The molecule has 29 heavy (non-hydrogen) atoms. The van der Waals surface area contributed by atoms with Crippen LogP contribution in [0.1, 0.15) is 10.4 Å². The van der Waals surface area contributed by atoms with Crippen molar-refractivity contribution >= 4 is 34.3 Å². The van der Waals surface area contributed by atoms with Crippen molar-refractivity contribution in [2.75, 3.05) is 38.2 Å². The van der Waals surface area contributed by atoms with Gasteiger partial charge in [0.2, 0.25) is 0 Å². The topological polar surface area (TPSA) is 58.6 Å². The minimum absolute atomic E-state index is 0.0821. The number of ether oxygens (including phenoxy) is 1. The van der Waals surface area contributed by atoms with Crippen LogP contribution in [0, 0.1) is 3.57 Å². The maximum absolute atomic E-state index is 12.7. The lowest BCUT2D eigenvalue weighted by molar-refractivity contribution is 0.0746. The van der Waals surface area contributed by atoms with Gasteiger partial charge in [-0.2, -0.15) is 0 Å². The lowest BCUT2D eigenvalue weighted by Crippen LogP contribution is -2.49. The second-order valence-corrected chi connectivity index (χ2v) is 8.01. The highest BCUT2D eigenvalue weighted by Gasteiger charge is 2.23. The Morgan fingerprint density at radius 2 is 1.66 bits per heavy atom. The molecule has 0 atom stereocenters. The fourth-order valence-electron chi connectivity index (χ4n) is 3.41. The maximum atomic E-state index is 12.7. The Bertz CT molecular complexity index is 984. The number of piperazine rings is 1. The van der Waals surface area contributed by atoms with Crippen LogP contribution in [-0.2, 0) is 0 Å². The van der Waals surface area contributed by atoms with Crippen molar-refractivity contribution in [1.29, 1.82) is 0 Å². The molecule has 1 saturated heterocycles. The molecule has 6 nitrogen and oxygen atoms in total. The van der Waals surface area contributed by atoms with Gasteiger partial charge in [0.05, 0.1) is 12.8 Å². The Hall–Kier alpha value is -2.68. The predicted octanol–water partition coefficient (Wildman–Crippen LogP) is 3.72. The van der Waals surface area contributed by atoms with E-state index < -0.39 is 0 Å². The maximum Gasteiger partial charge on any atom is 0.253 e. The van der Waals surface area contributed by atoms with E-state index in [1.807, 2.05) is 65.6 Å². The van der Waals surface area contributed by atoms with Gasteiger partial charge in [-0.25, -0.2) is 0 Å². The Balaban J connectivity index is 1.41. The molecule has 0 aliphatic carbocycles. The number of carbonyl (C=O) groups excluding carboxylic acids is 1. The van der Waals surface area contributed by atoms with Gasteiger partial charge in [0.15, 0.2) is 5.82 Å². The van der Waals surface area contributed by atoms with Crippen molar-refractivity contribution in [2.24, 2.45) is 0 Å². The summed E-state index contributed by atoms with van der Waals surface area (Å²) in [6.07, 6.45) is 0. The van der Waals surface area contributed by atoms with E-state index in [4.69, 9.17) is 4.74 Å². The molecule has 3 aromatic rings. The minimum atomic E-state index is 0.0821. The van der Waals surface area contributed by atoms with E-state index in [9.17, 15) is 4.79 Å². The molecule has 1 fully saturated rings. The Morgan fingerprint density at radius 3 is 2.31 bits per heavy atom. The quantitative estimate of drug-likeness (QED) is 0.512. The molecule has 0 saturated carbocycles. The molecule has 1 aliphatic heterocycles. The van der Waals surface area contributed by atoms with E-state index in [1.165, 1.54) is 0 Å². The van der Waals surface area contributed by atoms with Crippen LogP contribution < -0.4 is 9.64 Å². The lowest BCUT2D eigenvalue weighted by Gasteiger charge is -2.35. The van der Waals surface area contributed by atoms with Crippen molar-refractivity contribution in [3.05, 3.63) is 69.8 Å². The number of anilines is 1. The van der Waals surface area contributed by atoms with E-state index in [1.54, 1.807) is 7.11 Å². The summed E-state index contributed by atoms with van der Waals surface area (Å²) in [6, 6.07) is 19.4. The van der Waals surface area contributed by atoms with Crippen LogP contribution in [0.2, 0.25) is 0 Å². The molecule has 1 aliphatic rings. The summed E-state index contributed by atoms with van der Waals surface area (Å²) in [5, 5.41) is 8.80. The van der Waals surface area contributed by atoms with Gasteiger partial charge in [0.1, 0.15) is 5.75 Å². The molecular formula is C22H21IN4O2. The molecule has 7 heteroatoms. The van der Waals surface area contributed by atoms with E-state index >= 15 is 0 Å². The van der Waals surface area contributed by atoms with Gasteiger partial charge in [-0.3, -0.25) is 4.79 Å². The van der Waals surface area contributed by atoms with E-state index in [0.717, 1.165) is 45.0 Å². The zero-order valence-corrected chi connectivity index (χ0v) is 18.2. The Kier molecular flexibility index (Phi) is 5.94. The second-order valence-electron chi connectivity index (χ2n) is 6.76. The van der Waals surface area contributed by atoms with Crippen LogP contribution in [0.5, 0.6) is 5.75 Å². The van der Waals surface area contributed by atoms with Crippen molar-refractivity contribution < 1.29 is 9.53 Å². The number of halogens is 1. The number of methoxy groups -OCH3 is 1. The molecule has 148 valence electrons. The first kappa shape index (κ1) is 19.6. The Labute approximate surface area is 183 Å². The van der Waals surface area contributed by atoms with Crippen molar-refractivity contribution in [1.82, 2.24) is 15.1 Å². The largest absolute Gasteiger partial charge is 0.496 e. The summed E-state index contributed by atoms with van der Waals surface area (Å²) in [7, 11) is 1.65. The molecule has 1 aromatic heterocycles. The number of aromatic nitrogens is 2. The summed E-state index contributed by atoms with van der Waals surface area (Å²) in [4.78, 5) is 16.7. The Morgan fingerprint density at radius 1 is 0.931 bits per heavy atom. The highest BCUT2D eigenvalue weighted by Crippen LogP contribution is 2.28. The van der Waals surface area contributed by atoms with Gasteiger partial charge in [-0.15, -0.1) is 10.2 Å². The molecule has 2 aromatic carbocycles. The van der Waals surface area contributed by atoms with Crippen LogP contribution in [0.4, 0.5) is 5.82 Å². The van der Waals surface area contributed by atoms with Gasteiger partial charge in [0, 0.05) is 40.9 Å². The summed E-state index contributed by atoms with van der Waals surface area (Å²) in [6.45, 7) is 2.80. The average molecular weight is 500 g/mol. The number of amides is 1. The first-order valence-corrected chi connectivity index (χ1v) is 10.5. The van der Waals surface area contributed by atoms with Crippen molar-refractivity contribution in [2.45, 2.75) is 0 Å². The van der Waals surface area contributed by atoms with Gasteiger partial charge < -0.3 is 14.5 Å². The molecule has 0 N–H and O–H groups in total. The summed E-state index contributed by atoms with van der Waals surface area (Å²) >= 11 is 2.24. The molecule has 0 bridgehead atoms. The number of nitrogens with zero attached hydrogens (tertiary/aromatic N) is 4. The van der Waals surface area contributed by atoms with E-state index in [-0.39, 0.29) is 5.91 Å². The highest BCUT2D eigenvalue weighted by atomic mass is 127. The molecule has 0 unspecified atom stereocenters. The predicted molar refractivity (Wildman–Crippen MR) is 121 cm³/mol. The summed E-state index contributed by atoms with van der Waals surface area (Å²) < 4.78 is 6.53. The zero-order chi connectivity index (χ0) is 20.2. The zero-order valence-electron chi connectivity index (χ0n) is 16.1. The van der Waals surface area contributed by atoms with Crippen LogP contribution in [0.15, 0.2) is 60.7 Å². The first-order valence-electron chi connectivity index (χ1n) is 9.42. The standard InChI is InChI=1S/C22H21IN4O2/c1-29-20-5-3-2-4-18(20)19-10-11-21(25-24-19)26-12-14-27(15-13-26)22(28)16-6-8-17(23)9-7-16/h2-11H,12-15H2,1H3. The second kappa shape index (κ2) is 8.77. The number of carbonyl (C=O) groups is 1. The molecular weight excluding hydrogens is 479 g/mol. The SMILES string of the molecule is COc1ccccc1-c1ccc(N2CCN(C(=O)c3ccc(I)cc3)CC2)nn1. The number of para-hydroxylation sites is 1. The number of rotatable bonds is 4. The van der Waals surface area contributed by atoms with Crippen LogP contribution >= 0.6 is 22.6 Å². The van der Waals surface area contributed by atoms with Crippen molar-refractivity contribution in [3.8, 4) is 17.0 Å². The van der Waals surface area contributed by atoms with Crippen LogP contribution in [-0.4, -0.2) is 54.3 Å². The smallest absolute Gasteiger partial charge is 0.253 e. The van der Waals surface area contributed by atoms with Crippen LogP contribution in [0.25, 0.3) is 11.3 Å². The van der Waals surface area contributed by atoms with Gasteiger partial charge >= 0.3 is 0 Å². The molecule has 4 rings (SSSR count). The number of hydrogen-bond donors (Lipinski definition) is 0. The third-order valence-corrected chi connectivity index (χ3v) is 5.73. The molecule has 0 radical (unpaired) electrons. The van der Waals surface area contributed by atoms with E-state index in [0.29, 0.717) is 13.1 Å². The third-order valence-electron chi connectivity index (χ3n) is 5.02. The summed E-state index contributed by atoms with van der Waals surface area (Å²) in [5.74, 6) is 1.68. The monoisotopic (exact) mass is 500 g/mol. The normalized spacial score (nSPS) is 14.0. The number of hydrogen-bond acceptors (Lipinski definition) is 5. The summed E-state index contributed by atoms with van der Waals surface area (Å²) in [5.41, 5.74) is 2.43. The minimum Gasteiger partial charge on any atom is -0.496 e. The van der Waals surface area contributed by atoms with Gasteiger partial charge in [-0.05, 0) is 71.1 Å². The highest BCUT2D eigenvalue weighted by molar-refractivity contribution is 14.1. The van der Waals surface area contributed by atoms with Gasteiger partial charge in [-0.1, -0.05) is 12.1 Å². The average Bonchev–Trinajstić information content (AvgIpc) is 2.79. The number of benzene rings is 2. The molecule has 1 amide bonds. The molecule has 0 spiro atoms. The van der Waals surface area contributed by atoms with Crippen molar-refractivity contribution in [3.63, 3.8) is 0 Å². The lowest BCUT2D eigenvalue weighted by atomic mass is 10.1. The fourth-order valence-corrected chi connectivity index (χ4v) is 3.77. The molecule has 2 heterocycles. The fraction of sp³-hybridized carbons (Fsp3) is 0.227.